The number of esters is 1. The molecule has 328 valence electrons. The number of anilines is 1. The third-order valence-electron chi connectivity index (χ3n) is 11.3. The molecule has 17 heteroatoms. The highest BCUT2D eigenvalue weighted by molar-refractivity contribution is 8.77. The molecule has 59 heavy (non-hydrogen) atoms. The summed E-state index contributed by atoms with van der Waals surface area (Å²) in [7, 11) is 9.18. The minimum absolute atomic E-state index is 0.0612. The van der Waals surface area contributed by atoms with Crippen molar-refractivity contribution in [1.29, 1.82) is 0 Å². The second kappa shape index (κ2) is 20.1. The zero-order valence-corrected chi connectivity index (χ0v) is 38.3. The molecular formula is C42H60ClN3O11S2. The highest BCUT2D eigenvalue weighted by Crippen LogP contribution is 2.49. The van der Waals surface area contributed by atoms with Crippen LogP contribution >= 0.6 is 33.2 Å². The van der Waals surface area contributed by atoms with Crippen LogP contribution in [0.15, 0.2) is 35.9 Å². The summed E-state index contributed by atoms with van der Waals surface area (Å²) in [6.45, 7) is 12.7. The first-order valence-corrected chi connectivity index (χ1v) is 22.4. The number of halogens is 1. The van der Waals surface area contributed by atoms with Gasteiger partial charge in [0.2, 0.25) is 11.8 Å². The highest BCUT2D eigenvalue weighted by Gasteiger charge is 2.64. The molecule has 2 fully saturated rings. The quantitative estimate of drug-likeness (QED) is 0.0961. The zero-order valence-electron chi connectivity index (χ0n) is 35.9. The summed E-state index contributed by atoms with van der Waals surface area (Å²) in [5.74, 6) is -0.996. The summed E-state index contributed by atoms with van der Waals surface area (Å²) in [6.07, 6.45) is 2.20. The Labute approximate surface area is 360 Å². The number of amides is 3. The van der Waals surface area contributed by atoms with E-state index in [0.717, 1.165) is 17.6 Å². The Morgan fingerprint density at radius 3 is 2.54 bits per heavy atom. The number of likely N-dealkylation sites (N-methyl/N-ethyl adjacent to an activating group) is 1. The lowest BCUT2D eigenvalue weighted by Gasteiger charge is -2.42. The first-order chi connectivity index (χ1) is 27.5. The molecule has 4 bridgehead atoms. The van der Waals surface area contributed by atoms with Gasteiger partial charge in [0, 0.05) is 56.9 Å². The van der Waals surface area contributed by atoms with Crippen LogP contribution < -0.4 is 15.0 Å². The van der Waals surface area contributed by atoms with Crippen LogP contribution in [-0.4, -0.2) is 120 Å². The standard InChI is InChI=1S/C42H60ClN3O11S2/c1-24-13-12-14-32(54-11)42(52)23-31(55-39(51)44-42)26(3)37-41(7,57-37)33(22-35(49)46(9)29-20-28(19-24)21-30(53-10)36(29)43)56-38(50)27(4)45(8)34(48)16-18-58-59-40(5,6)17-15-25(2)47/h12-14,20-21,26-27,31-33,37,52H,15-19,22-23H2,1-11H3,(H,44,51)/b14-12+,24-13+/t26-,27+,31+,32-,33+,37+,41+,42+/m0/s1. The molecule has 2 saturated heterocycles. The third kappa shape index (κ3) is 12.2. The summed E-state index contributed by atoms with van der Waals surface area (Å²) in [4.78, 5) is 68.5. The van der Waals surface area contributed by atoms with Gasteiger partial charge in [0.1, 0.15) is 46.5 Å². The van der Waals surface area contributed by atoms with Crippen molar-refractivity contribution in [3.63, 3.8) is 0 Å². The van der Waals surface area contributed by atoms with Crippen molar-refractivity contribution in [2.75, 3.05) is 39.0 Å². The lowest BCUT2D eigenvalue weighted by Crippen LogP contribution is -2.63. The van der Waals surface area contributed by atoms with Gasteiger partial charge in [0.15, 0.2) is 5.72 Å². The number of rotatable bonds is 13. The summed E-state index contributed by atoms with van der Waals surface area (Å²) in [5.41, 5.74) is -0.972. The van der Waals surface area contributed by atoms with Gasteiger partial charge in [-0.3, -0.25) is 14.9 Å². The minimum Gasteiger partial charge on any atom is -0.495 e. The van der Waals surface area contributed by atoms with Crippen LogP contribution in [0.1, 0.15) is 86.1 Å². The number of carbonyl (C=O) groups is 5. The number of fused-ring (bicyclic) bond motifs is 5. The molecule has 14 nitrogen and oxygen atoms in total. The first kappa shape index (κ1) is 48.4. The maximum Gasteiger partial charge on any atom is 0.409 e. The average Bonchev–Trinajstić information content (AvgIpc) is 3.87. The van der Waals surface area contributed by atoms with E-state index in [2.05, 4.69) is 19.2 Å². The second-order valence-corrected chi connectivity index (χ2v) is 20.0. The Balaban J connectivity index is 1.62. The number of alkyl carbamates (subject to hydrolysis) is 1. The SMILES string of the molecule is COc1cc2cc(c1Cl)N(C)C(=O)C[C@@H](OC(=O)[C@@H](C)N(C)C(=O)CCSSC(C)(C)CCC(C)=O)[C@@]1(C)O[C@@H]1[C@@H](C)[C@H]1C[C@](O)(NC(=O)O1)[C@@H](OC)/C=C/C=C(\C)C2. The fourth-order valence-electron chi connectivity index (χ4n) is 7.24. The van der Waals surface area contributed by atoms with Crippen molar-refractivity contribution in [2.45, 2.75) is 134 Å². The fraction of sp³-hybridized carbons (Fsp3) is 0.643. The number of epoxide rings is 1. The molecule has 1 aromatic rings. The predicted octanol–water partition coefficient (Wildman–Crippen LogP) is 6.43. The molecule has 0 spiro atoms. The molecule has 0 aliphatic carbocycles. The van der Waals surface area contributed by atoms with Crippen molar-refractivity contribution in [2.24, 2.45) is 5.92 Å². The van der Waals surface area contributed by atoms with Gasteiger partial charge in [0.25, 0.3) is 0 Å². The Kier molecular flexibility index (Phi) is 16.5. The molecule has 0 aromatic heterocycles. The van der Waals surface area contributed by atoms with Crippen molar-refractivity contribution in [3.05, 3.63) is 46.5 Å². The lowest BCUT2D eigenvalue weighted by molar-refractivity contribution is -0.162. The number of nitrogens with zero attached hydrogens (tertiary/aromatic N) is 2. The summed E-state index contributed by atoms with van der Waals surface area (Å²) < 4.78 is 29.2. The molecule has 3 aliphatic rings. The molecule has 2 N–H and O–H groups in total. The number of nitrogens with one attached hydrogen (secondary N) is 1. The van der Waals surface area contributed by atoms with Gasteiger partial charge in [-0.2, -0.15) is 0 Å². The van der Waals surface area contributed by atoms with E-state index in [4.69, 9.17) is 35.3 Å². The minimum atomic E-state index is -1.84. The maximum atomic E-state index is 14.2. The molecular weight excluding hydrogens is 822 g/mol. The number of ether oxygens (including phenoxy) is 5. The van der Waals surface area contributed by atoms with E-state index in [1.54, 1.807) is 69.8 Å². The molecule has 3 amide bonds. The monoisotopic (exact) mass is 881 g/mol. The first-order valence-electron chi connectivity index (χ1n) is 19.7. The van der Waals surface area contributed by atoms with Gasteiger partial charge in [-0.25, -0.2) is 9.59 Å². The van der Waals surface area contributed by atoms with Gasteiger partial charge in [-0.15, -0.1) is 0 Å². The molecule has 8 atom stereocenters. The fourth-order valence-corrected chi connectivity index (χ4v) is 10.1. The second-order valence-electron chi connectivity index (χ2n) is 16.5. The summed E-state index contributed by atoms with van der Waals surface area (Å²) in [6, 6.07) is 2.57. The Morgan fingerprint density at radius 2 is 1.90 bits per heavy atom. The topological polar surface area (TPSA) is 174 Å². The number of allylic oxidation sites excluding steroid dienone is 3. The number of methoxy groups -OCH3 is 2. The van der Waals surface area contributed by atoms with Gasteiger partial charge in [0.05, 0.1) is 25.3 Å². The van der Waals surface area contributed by atoms with Gasteiger partial charge in [-0.1, -0.05) is 63.9 Å². The van der Waals surface area contributed by atoms with Crippen LogP contribution in [-0.2, 0) is 44.5 Å². The largest absolute Gasteiger partial charge is 0.495 e. The zero-order chi connectivity index (χ0) is 44.0. The predicted molar refractivity (Wildman–Crippen MR) is 230 cm³/mol. The van der Waals surface area contributed by atoms with E-state index in [1.165, 1.54) is 41.9 Å². The van der Waals surface area contributed by atoms with Crippen LogP contribution in [0.2, 0.25) is 5.02 Å². The van der Waals surface area contributed by atoms with Crippen molar-refractivity contribution in [1.82, 2.24) is 10.2 Å². The average molecular weight is 883 g/mol. The van der Waals surface area contributed by atoms with Crippen LogP contribution in [0.4, 0.5) is 10.5 Å². The number of ketones is 1. The maximum absolute atomic E-state index is 14.2. The number of aliphatic hydroxyl groups is 1. The molecule has 4 rings (SSSR count). The van der Waals surface area contributed by atoms with Crippen LogP contribution in [0.5, 0.6) is 5.75 Å². The molecule has 1 aromatic carbocycles. The number of benzene rings is 1. The summed E-state index contributed by atoms with van der Waals surface area (Å²) >= 11 is 6.79. The number of Topliss-reactive ketones (excluding diaryl/α,β-unsaturated/α-hetero) is 1. The van der Waals surface area contributed by atoms with Crippen molar-refractivity contribution in [3.8, 4) is 5.75 Å². The van der Waals surface area contributed by atoms with E-state index in [1.807, 2.05) is 13.0 Å². The Morgan fingerprint density at radius 1 is 1.20 bits per heavy atom. The molecule has 3 heterocycles. The van der Waals surface area contributed by atoms with Gasteiger partial charge >= 0.3 is 12.1 Å². The van der Waals surface area contributed by atoms with Gasteiger partial charge in [-0.05, 0) is 72.1 Å². The third-order valence-corrected chi connectivity index (χ3v) is 15.0. The lowest BCUT2D eigenvalue weighted by atomic mass is 9.83. The van der Waals surface area contributed by atoms with Crippen LogP contribution in [0.3, 0.4) is 0 Å². The van der Waals surface area contributed by atoms with Crippen LogP contribution in [0, 0.1) is 5.92 Å². The molecule has 0 saturated carbocycles. The van der Waals surface area contributed by atoms with E-state index in [0.29, 0.717) is 30.0 Å². The van der Waals surface area contributed by atoms with Crippen molar-refractivity contribution >= 4 is 68.5 Å². The van der Waals surface area contributed by atoms with Crippen LogP contribution in [0.25, 0.3) is 0 Å². The van der Waals surface area contributed by atoms with E-state index in [-0.39, 0.29) is 40.7 Å². The number of hydrogen-bond donors (Lipinski definition) is 2. The van der Waals surface area contributed by atoms with E-state index >= 15 is 0 Å². The van der Waals surface area contributed by atoms with Crippen molar-refractivity contribution < 1.29 is 52.8 Å². The normalized spacial score (nSPS) is 29.5. The van der Waals surface area contributed by atoms with E-state index in [9.17, 15) is 29.1 Å². The Bertz CT molecular complexity index is 1810. The highest BCUT2D eigenvalue weighted by atomic mass is 35.5. The summed E-state index contributed by atoms with van der Waals surface area (Å²) in [5, 5.41) is 14.5. The molecule has 0 unspecified atom stereocenters. The Hall–Kier alpha value is -3.28. The molecule has 3 aliphatic heterocycles. The van der Waals surface area contributed by atoms with E-state index < -0.39 is 65.7 Å². The molecule has 0 radical (unpaired) electrons. The van der Waals surface area contributed by atoms with Gasteiger partial charge < -0.3 is 43.4 Å². The number of carbonyl (C=O) groups excluding carboxylic acids is 5. The smallest absolute Gasteiger partial charge is 0.409 e. The number of hydrogen-bond acceptors (Lipinski definition) is 13.